The van der Waals surface area contributed by atoms with Crippen LogP contribution >= 0.6 is 23.4 Å². The van der Waals surface area contributed by atoms with Crippen LogP contribution in [0.25, 0.3) is 0 Å². The molecule has 1 aliphatic rings. The van der Waals surface area contributed by atoms with Crippen LogP contribution in [0.4, 0.5) is 0 Å². The number of nitrogens with one attached hydrogen (secondary N) is 1. The lowest BCUT2D eigenvalue weighted by atomic mass is 9.98. The quantitative estimate of drug-likeness (QED) is 0.866. The van der Waals surface area contributed by atoms with Crippen LogP contribution in [0.2, 0.25) is 5.02 Å². The van der Waals surface area contributed by atoms with Gasteiger partial charge in [-0.3, -0.25) is 4.79 Å². The van der Waals surface area contributed by atoms with E-state index in [1.807, 2.05) is 19.2 Å². The van der Waals surface area contributed by atoms with E-state index >= 15 is 0 Å². The number of hydrogen-bond acceptors (Lipinski definition) is 5. The number of esters is 1. The number of carbonyl (C=O) groups is 1. The standard InChI is InChI=1S/C13H17ClN2O2S/c1-15-13(12(17)18-2)6-5-10(7-13)19-11-4-3-9(14)8-16-11/h3-4,8,10,15H,5-7H2,1-2H3. The number of ether oxygens (including phenoxy) is 1. The molecule has 2 atom stereocenters. The molecule has 6 heteroatoms. The Balaban J connectivity index is 2.01. The Hall–Kier alpha value is -0.780. The average Bonchev–Trinajstić information content (AvgIpc) is 2.85. The third-order valence-electron chi connectivity index (χ3n) is 3.51. The molecule has 1 N–H and O–H groups in total. The van der Waals surface area contributed by atoms with Crippen molar-refractivity contribution in [3.8, 4) is 0 Å². The van der Waals surface area contributed by atoms with Crippen LogP contribution in [0.15, 0.2) is 23.4 Å². The first-order chi connectivity index (χ1) is 9.09. The van der Waals surface area contributed by atoms with E-state index in [1.165, 1.54) is 7.11 Å². The highest BCUT2D eigenvalue weighted by Crippen LogP contribution is 2.40. The van der Waals surface area contributed by atoms with Crippen LogP contribution in [-0.2, 0) is 9.53 Å². The summed E-state index contributed by atoms with van der Waals surface area (Å²) < 4.78 is 4.90. The maximum absolute atomic E-state index is 11.9. The van der Waals surface area contributed by atoms with Gasteiger partial charge in [0, 0.05) is 11.4 Å². The smallest absolute Gasteiger partial charge is 0.326 e. The lowest BCUT2D eigenvalue weighted by Gasteiger charge is -2.25. The summed E-state index contributed by atoms with van der Waals surface area (Å²) in [7, 11) is 3.24. The molecule has 0 amide bonds. The van der Waals surface area contributed by atoms with Crippen molar-refractivity contribution >= 4 is 29.3 Å². The highest BCUT2D eigenvalue weighted by atomic mass is 35.5. The molecule has 0 radical (unpaired) electrons. The Morgan fingerprint density at radius 1 is 1.63 bits per heavy atom. The molecular formula is C13H17ClN2O2S. The Bertz CT molecular complexity index is 454. The van der Waals surface area contributed by atoms with Gasteiger partial charge in [-0.25, -0.2) is 4.98 Å². The van der Waals surface area contributed by atoms with Crippen molar-refractivity contribution < 1.29 is 9.53 Å². The van der Waals surface area contributed by atoms with Crippen molar-refractivity contribution in [2.24, 2.45) is 0 Å². The zero-order chi connectivity index (χ0) is 13.9. The van der Waals surface area contributed by atoms with Crippen molar-refractivity contribution in [3.05, 3.63) is 23.4 Å². The molecule has 0 saturated heterocycles. The van der Waals surface area contributed by atoms with Crippen LogP contribution in [0.1, 0.15) is 19.3 Å². The Labute approximate surface area is 122 Å². The second kappa shape index (κ2) is 6.11. The Kier molecular flexibility index (Phi) is 4.71. The van der Waals surface area contributed by atoms with Crippen LogP contribution in [0.3, 0.4) is 0 Å². The molecule has 1 aliphatic carbocycles. The number of thioether (sulfide) groups is 1. The minimum atomic E-state index is -0.543. The van der Waals surface area contributed by atoms with Crippen molar-refractivity contribution in [2.75, 3.05) is 14.2 Å². The largest absolute Gasteiger partial charge is 0.468 e. The number of hydrogen-bond donors (Lipinski definition) is 1. The normalized spacial score (nSPS) is 26.4. The molecule has 104 valence electrons. The van der Waals surface area contributed by atoms with E-state index in [0.29, 0.717) is 10.3 Å². The molecule has 1 fully saturated rings. The van der Waals surface area contributed by atoms with Gasteiger partial charge < -0.3 is 10.1 Å². The average molecular weight is 301 g/mol. The second-order valence-electron chi connectivity index (χ2n) is 4.62. The predicted molar refractivity (Wildman–Crippen MR) is 76.5 cm³/mol. The summed E-state index contributed by atoms with van der Waals surface area (Å²) in [4.78, 5) is 16.2. The molecule has 0 aromatic carbocycles. The van der Waals surface area contributed by atoms with Gasteiger partial charge in [-0.05, 0) is 38.4 Å². The van der Waals surface area contributed by atoms with Gasteiger partial charge in [0.1, 0.15) is 5.54 Å². The van der Waals surface area contributed by atoms with Gasteiger partial charge in [-0.1, -0.05) is 11.6 Å². The van der Waals surface area contributed by atoms with Crippen molar-refractivity contribution in [1.29, 1.82) is 0 Å². The Morgan fingerprint density at radius 2 is 2.42 bits per heavy atom. The van der Waals surface area contributed by atoms with E-state index in [1.54, 1.807) is 18.0 Å². The summed E-state index contributed by atoms with van der Waals surface area (Å²) in [6.45, 7) is 0. The van der Waals surface area contributed by atoms with E-state index in [2.05, 4.69) is 10.3 Å². The van der Waals surface area contributed by atoms with Crippen LogP contribution in [0.5, 0.6) is 0 Å². The van der Waals surface area contributed by atoms with Crippen molar-refractivity contribution in [3.63, 3.8) is 0 Å². The molecule has 19 heavy (non-hydrogen) atoms. The summed E-state index contributed by atoms with van der Waals surface area (Å²) in [6.07, 6.45) is 4.15. The van der Waals surface area contributed by atoms with Gasteiger partial charge in [0.05, 0.1) is 17.2 Å². The minimum absolute atomic E-state index is 0.179. The van der Waals surface area contributed by atoms with Gasteiger partial charge in [0.25, 0.3) is 0 Å². The fraction of sp³-hybridized carbons (Fsp3) is 0.538. The summed E-state index contributed by atoms with van der Waals surface area (Å²) in [5.41, 5.74) is -0.543. The lowest BCUT2D eigenvalue weighted by molar-refractivity contribution is -0.148. The van der Waals surface area contributed by atoms with Crippen molar-refractivity contribution in [2.45, 2.75) is 35.1 Å². The van der Waals surface area contributed by atoms with E-state index in [9.17, 15) is 4.79 Å². The topological polar surface area (TPSA) is 51.2 Å². The number of likely N-dealkylation sites (N-methyl/N-ethyl adjacent to an activating group) is 1. The first kappa shape index (κ1) is 14.6. The molecule has 0 spiro atoms. The molecule has 1 aromatic rings. The van der Waals surface area contributed by atoms with Crippen LogP contribution in [-0.4, -0.2) is 35.9 Å². The third-order valence-corrected chi connectivity index (χ3v) is 4.95. The molecule has 0 aliphatic heterocycles. The number of carbonyl (C=O) groups excluding carboxylic acids is 1. The minimum Gasteiger partial charge on any atom is -0.468 e. The van der Waals surface area contributed by atoms with Crippen molar-refractivity contribution in [1.82, 2.24) is 10.3 Å². The van der Waals surface area contributed by atoms with E-state index in [4.69, 9.17) is 16.3 Å². The van der Waals surface area contributed by atoms with Gasteiger partial charge in [0.2, 0.25) is 0 Å². The number of rotatable bonds is 4. The fourth-order valence-corrected chi connectivity index (χ4v) is 3.73. The molecule has 1 aromatic heterocycles. The van der Waals surface area contributed by atoms with Gasteiger partial charge in [0.15, 0.2) is 0 Å². The maximum Gasteiger partial charge on any atom is 0.326 e. The second-order valence-corrected chi connectivity index (χ2v) is 6.38. The predicted octanol–water partition coefficient (Wildman–Crippen LogP) is 2.51. The molecule has 2 rings (SSSR count). The summed E-state index contributed by atoms with van der Waals surface area (Å²) in [6, 6.07) is 3.74. The first-order valence-electron chi connectivity index (χ1n) is 6.15. The number of halogens is 1. The van der Waals surface area contributed by atoms with Crippen LogP contribution < -0.4 is 5.32 Å². The molecule has 4 nitrogen and oxygen atoms in total. The summed E-state index contributed by atoms with van der Waals surface area (Å²) >= 11 is 7.50. The van der Waals surface area contributed by atoms with E-state index in [-0.39, 0.29) is 5.97 Å². The number of nitrogens with zero attached hydrogens (tertiary/aromatic N) is 1. The third kappa shape index (κ3) is 3.22. The van der Waals surface area contributed by atoms with E-state index < -0.39 is 5.54 Å². The zero-order valence-corrected chi connectivity index (χ0v) is 12.6. The number of methoxy groups -OCH3 is 1. The molecule has 0 bridgehead atoms. The monoisotopic (exact) mass is 300 g/mol. The summed E-state index contributed by atoms with van der Waals surface area (Å²) in [5.74, 6) is -0.179. The van der Waals surface area contributed by atoms with Crippen LogP contribution in [0, 0.1) is 0 Å². The van der Waals surface area contributed by atoms with Gasteiger partial charge >= 0.3 is 5.97 Å². The molecular weight excluding hydrogens is 284 g/mol. The van der Waals surface area contributed by atoms with E-state index in [0.717, 1.165) is 24.3 Å². The number of pyridine rings is 1. The molecule has 2 unspecified atom stereocenters. The Morgan fingerprint density at radius 3 is 3.00 bits per heavy atom. The zero-order valence-electron chi connectivity index (χ0n) is 11.0. The fourth-order valence-electron chi connectivity index (χ4n) is 2.41. The highest BCUT2D eigenvalue weighted by Gasteiger charge is 2.45. The lowest BCUT2D eigenvalue weighted by Crippen LogP contribution is -2.49. The molecule has 1 saturated carbocycles. The molecule has 1 heterocycles. The maximum atomic E-state index is 11.9. The first-order valence-corrected chi connectivity index (χ1v) is 7.41. The van der Waals surface area contributed by atoms with Gasteiger partial charge in [-0.15, -0.1) is 11.8 Å². The number of aromatic nitrogens is 1. The SMILES string of the molecule is CNC1(C(=O)OC)CCC(Sc2ccc(Cl)cn2)C1. The summed E-state index contributed by atoms with van der Waals surface area (Å²) in [5, 5.41) is 5.06. The van der Waals surface area contributed by atoms with Gasteiger partial charge in [-0.2, -0.15) is 0 Å². The highest BCUT2D eigenvalue weighted by molar-refractivity contribution is 7.99.